The summed E-state index contributed by atoms with van der Waals surface area (Å²) in [7, 11) is 0. The maximum Gasteiger partial charge on any atom is 0.313 e. The largest absolute Gasteiger partial charge is 0.431 e. The summed E-state index contributed by atoms with van der Waals surface area (Å²) in [6.07, 6.45) is 7.91. The molecule has 0 amide bonds. The maximum atomic E-state index is 11.4. The van der Waals surface area contributed by atoms with Crippen LogP contribution in [-0.2, 0) is 14.3 Å². The molecule has 0 aromatic carbocycles. The lowest BCUT2D eigenvalue weighted by Gasteiger charge is -2.06. The second kappa shape index (κ2) is 7.46. The summed E-state index contributed by atoms with van der Waals surface area (Å²) >= 11 is 0. The van der Waals surface area contributed by atoms with E-state index in [2.05, 4.69) is 0 Å². The van der Waals surface area contributed by atoms with Gasteiger partial charge in [-0.25, -0.2) is 0 Å². The fourth-order valence-corrected chi connectivity index (χ4v) is 1.58. The van der Waals surface area contributed by atoms with E-state index >= 15 is 0 Å². The highest BCUT2D eigenvalue weighted by Gasteiger charge is 2.08. The quantitative estimate of drug-likeness (QED) is 0.519. The predicted molar refractivity (Wildman–Crippen MR) is 58.4 cm³/mol. The number of hydrogen-bond acceptors (Lipinski definition) is 3. The molecule has 0 saturated carbocycles. The topological polar surface area (TPSA) is 35.5 Å². The van der Waals surface area contributed by atoms with E-state index < -0.39 is 0 Å². The molecule has 0 unspecified atom stereocenters. The average molecular weight is 212 g/mol. The fraction of sp³-hybridized carbons (Fsp3) is 0.750. The van der Waals surface area contributed by atoms with Crippen LogP contribution in [0.2, 0.25) is 0 Å². The van der Waals surface area contributed by atoms with E-state index in [-0.39, 0.29) is 5.97 Å². The molecular weight excluding hydrogens is 192 g/mol. The van der Waals surface area contributed by atoms with Gasteiger partial charge in [-0.05, 0) is 32.3 Å². The SMILES string of the molecule is CCOCCC(=O)OC1=CCCCCC1. The summed E-state index contributed by atoms with van der Waals surface area (Å²) in [5, 5.41) is 0. The van der Waals surface area contributed by atoms with Gasteiger partial charge in [0.05, 0.1) is 13.0 Å². The third-order valence-electron chi connectivity index (χ3n) is 2.40. The average Bonchev–Trinajstić information content (AvgIpc) is 2.47. The van der Waals surface area contributed by atoms with Crippen LogP contribution >= 0.6 is 0 Å². The standard InChI is InChI=1S/C12H20O3/c1-2-14-10-9-12(13)15-11-7-5-3-4-6-8-11/h7H,2-6,8-10H2,1H3. The first-order chi connectivity index (χ1) is 7.33. The first-order valence-corrected chi connectivity index (χ1v) is 5.80. The lowest BCUT2D eigenvalue weighted by atomic mass is 10.2. The Morgan fingerprint density at radius 2 is 2.27 bits per heavy atom. The molecule has 0 fully saturated rings. The molecule has 1 rings (SSSR count). The predicted octanol–water partition coefficient (Wildman–Crippen LogP) is 2.80. The maximum absolute atomic E-state index is 11.4. The Labute approximate surface area is 91.4 Å². The number of carbonyl (C=O) groups excluding carboxylic acids is 1. The summed E-state index contributed by atoms with van der Waals surface area (Å²) in [4.78, 5) is 11.4. The zero-order valence-corrected chi connectivity index (χ0v) is 9.46. The summed E-state index contributed by atoms with van der Waals surface area (Å²) in [6, 6.07) is 0. The molecule has 0 radical (unpaired) electrons. The number of carbonyl (C=O) groups is 1. The van der Waals surface area contributed by atoms with Crippen LogP contribution in [-0.4, -0.2) is 19.2 Å². The van der Waals surface area contributed by atoms with Gasteiger partial charge in [-0.2, -0.15) is 0 Å². The van der Waals surface area contributed by atoms with Gasteiger partial charge in [0.25, 0.3) is 0 Å². The number of hydrogen-bond donors (Lipinski definition) is 0. The highest BCUT2D eigenvalue weighted by atomic mass is 16.5. The van der Waals surface area contributed by atoms with Crippen LogP contribution < -0.4 is 0 Å². The molecule has 0 atom stereocenters. The van der Waals surface area contributed by atoms with Gasteiger partial charge < -0.3 is 9.47 Å². The van der Waals surface area contributed by atoms with Crippen LogP contribution in [0.15, 0.2) is 11.8 Å². The Bertz CT molecular complexity index is 221. The number of allylic oxidation sites excluding steroid dienone is 2. The van der Waals surface area contributed by atoms with Gasteiger partial charge in [-0.1, -0.05) is 6.42 Å². The van der Waals surface area contributed by atoms with Crippen molar-refractivity contribution in [2.75, 3.05) is 13.2 Å². The van der Waals surface area contributed by atoms with Gasteiger partial charge in [0.15, 0.2) is 0 Å². The van der Waals surface area contributed by atoms with Gasteiger partial charge in [0, 0.05) is 13.0 Å². The number of esters is 1. The molecular formula is C12H20O3. The van der Waals surface area contributed by atoms with Gasteiger partial charge >= 0.3 is 5.97 Å². The minimum atomic E-state index is -0.170. The lowest BCUT2D eigenvalue weighted by Crippen LogP contribution is -2.08. The number of ether oxygens (including phenoxy) is 2. The Morgan fingerprint density at radius 3 is 3.07 bits per heavy atom. The molecule has 0 heterocycles. The van der Waals surface area contributed by atoms with E-state index in [0.29, 0.717) is 19.6 Å². The Hall–Kier alpha value is -0.830. The summed E-state index contributed by atoms with van der Waals surface area (Å²) in [5.41, 5.74) is 0. The zero-order valence-electron chi connectivity index (χ0n) is 9.46. The van der Waals surface area contributed by atoms with Crippen molar-refractivity contribution >= 4 is 5.97 Å². The van der Waals surface area contributed by atoms with Crippen LogP contribution in [0.25, 0.3) is 0 Å². The molecule has 3 heteroatoms. The highest BCUT2D eigenvalue weighted by molar-refractivity contribution is 5.70. The van der Waals surface area contributed by atoms with E-state index in [1.54, 1.807) is 0 Å². The molecule has 0 N–H and O–H groups in total. The molecule has 0 saturated heterocycles. The van der Waals surface area contributed by atoms with Gasteiger partial charge in [-0.3, -0.25) is 4.79 Å². The van der Waals surface area contributed by atoms with Crippen LogP contribution in [0.1, 0.15) is 45.4 Å². The molecule has 0 aliphatic heterocycles. The molecule has 1 aliphatic carbocycles. The van der Waals surface area contributed by atoms with Crippen molar-refractivity contribution in [3.8, 4) is 0 Å². The normalized spacial score (nSPS) is 16.7. The van der Waals surface area contributed by atoms with Gasteiger partial charge in [0.2, 0.25) is 0 Å². The third-order valence-corrected chi connectivity index (χ3v) is 2.40. The zero-order chi connectivity index (χ0) is 10.9. The first-order valence-electron chi connectivity index (χ1n) is 5.80. The van der Waals surface area contributed by atoms with Gasteiger partial charge in [-0.15, -0.1) is 0 Å². The smallest absolute Gasteiger partial charge is 0.313 e. The van der Waals surface area contributed by atoms with Crippen molar-refractivity contribution < 1.29 is 14.3 Å². The molecule has 86 valence electrons. The Morgan fingerprint density at radius 1 is 1.40 bits per heavy atom. The van der Waals surface area contributed by atoms with Gasteiger partial charge in [0.1, 0.15) is 5.76 Å². The summed E-state index contributed by atoms with van der Waals surface area (Å²) < 4.78 is 10.4. The second-order valence-electron chi connectivity index (χ2n) is 3.69. The minimum absolute atomic E-state index is 0.170. The number of rotatable bonds is 5. The minimum Gasteiger partial charge on any atom is -0.431 e. The van der Waals surface area contributed by atoms with E-state index in [1.807, 2.05) is 13.0 Å². The highest BCUT2D eigenvalue weighted by Crippen LogP contribution is 2.18. The van der Waals surface area contributed by atoms with E-state index in [4.69, 9.17) is 9.47 Å². The van der Waals surface area contributed by atoms with Crippen molar-refractivity contribution in [1.82, 2.24) is 0 Å². The summed E-state index contributed by atoms with van der Waals surface area (Å²) in [6.45, 7) is 3.03. The van der Waals surface area contributed by atoms with E-state index in [9.17, 15) is 4.79 Å². The van der Waals surface area contributed by atoms with E-state index in [0.717, 1.165) is 25.0 Å². The molecule has 0 aromatic heterocycles. The van der Waals surface area contributed by atoms with Crippen molar-refractivity contribution in [2.24, 2.45) is 0 Å². The molecule has 1 aliphatic rings. The fourth-order valence-electron chi connectivity index (χ4n) is 1.58. The molecule has 3 nitrogen and oxygen atoms in total. The van der Waals surface area contributed by atoms with Crippen molar-refractivity contribution in [1.29, 1.82) is 0 Å². The van der Waals surface area contributed by atoms with Crippen molar-refractivity contribution in [2.45, 2.75) is 45.4 Å². The van der Waals surface area contributed by atoms with Crippen molar-refractivity contribution in [3.05, 3.63) is 11.8 Å². The van der Waals surface area contributed by atoms with Crippen molar-refractivity contribution in [3.63, 3.8) is 0 Å². The van der Waals surface area contributed by atoms with Crippen LogP contribution in [0.5, 0.6) is 0 Å². The van der Waals surface area contributed by atoms with Crippen LogP contribution in [0.3, 0.4) is 0 Å². The molecule has 0 bridgehead atoms. The third kappa shape index (κ3) is 5.57. The lowest BCUT2D eigenvalue weighted by molar-refractivity contribution is -0.140. The Balaban J connectivity index is 2.20. The molecule has 0 aromatic rings. The van der Waals surface area contributed by atoms with Crippen LogP contribution in [0, 0.1) is 0 Å². The van der Waals surface area contributed by atoms with E-state index in [1.165, 1.54) is 12.8 Å². The van der Waals surface area contributed by atoms with Crippen LogP contribution in [0.4, 0.5) is 0 Å². The summed E-state index contributed by atoms with van der Waals surface area (Å²) in [5.74, 6) is 0.686. The molecule has 15 heavy (non-hydrogen) atoms. The second-order valence-corrected chi connectivity index (χ2v) is 3.69. The Kier molecular flexibility index (Phi) is 6.09. The molecule has 0 spiro atoms. The monoisotopic (exact) mass is 212 g/mol. The first kappa shape index (κ1) is 12.2.